The van der Waals surface area contributed by atoms with E-state index in [0.717, 1.165) is 9.87 Å². The van der Waals surface area contributed by atoms with Crippen LogP contribution in [0.3, 0.4) is 0 Å². The Morgan fingerprint density at radius 3 is 2.56 bits per heavy atom. The van der Waals surface area contributed by atoms with Crippen LogP contribution in [0.15, 0.2) is 53.6 Å². The predicted molar refractivity (Wildman–Crippen MR) is 121 cm³/mol. The van der Waals surface area contributed by atoms with Crippen molar-refractivity contribution in [3.8, 4) is 11.5 Å². The molecule has 9 nitrogen and oxygen atoms in total. The van der Waals surface area contributed by atoms with Gasteiger partial charge >= 0.3 is 0 Å². The molecule has 0 fully saturated rings. The zero-order valence-electron chi connectivity index (χ0n) is 18.0. The van der Waals surface area contributed by atoms with Crippen LogP contribution in [0.1, 0.15) is 15.9 Å². The van der Waals surface area contributed by atoms with E-state index < -0.39 is 15.9 Å². The van der Waals surface area contributed by atoms with Gasteiger partial charge in [-0.25, -0.2) is 17.4 Å². The van der Waals surface area contributed by atoms with Gasteiger partial charge in [0.25, 0.3) is 5.91 Å². The maximum atomic E-state index is 12.9. The van der Waals surface area contributed by atoms with Crippen LogP contribution in [-0.2, 0) is 16.6 Å². The fourth-order valence-electron chi connectivity index (χ4n) is 3.03. The van der Waals surface area contributed by atoms with Crippen molar-refractivity contribution >= 4 is 33.3 Å². The van der Waals surface area contributed by atoms with Gasteiger partial charge in [-0.15, -0.1) is 0 Å². The maximum absolute atomic E-state index is 12.9. The Bertz CT molecular complexity index is 1240. The zero-order valence-corrected chi connectivity index (χ0v) is 19.6. The maximum Gasteiger partial charge on any atom is 0.256 e. The van der Waals surface area contributed by atoms with Gasteiger partial charge in [-0.3, -0.25) is 4.79 Å². The lowest BCUT2D eigenvalue weighted by atomic mass is 10.2. The first kappa shape index (κ1) is 23.6. The quantitative estimate of drug-likeness (QED) is 0.533. The Morgan fingerprint density at radius 1 is 1.16 bits per heavy atom. The molecule has 2 aromatic carbocycles. The van der Waals surface area contributed by atoms with Crippen LogP contribution in [0.4, 0.5) is 5.82 Å². The number of aromatic nitrogens is 2. The largest absolute Gasteiger partial charge is 0.493 e. The Morgan fingerprint density at radius 2 is 1.91 bits per heavy atom. The molecule has 0 saturated carbocycles. The smallest absolute Gasteiger partial charge is 0.256 e. The first-order valence-electron chi connectivity index (χ1n) is 9.44. The summed E-state index contributed by atoms with van der Waals surface area (Å²) in [5.74, 6) is 1.07. The molecular weight excluding hydrogens is 456 g/mol. The van der Waals surface area contributed by atoms with E-state index in [0.29, 0.717) is 23.9 Å². The molecule has 3 aromatic rings. The van der Waals surface area contributed by atoms with Gasteiger partial charge in [0.1, 0.15) is 10.7 Å². The molecule has 3 rings (SSSR count). The number of amides is 1. The third-order valence-corrected chi connectivity index (χ3v) is 7.01. The SMILES string of the molecule is COc1cccc(Cn2nccc2NC(=O)c2ccc(Cl)c(S(=O)(=O)N(C)C)c2)c1OC. The highest BCUT2D eigenvalue weighted by Crippen LogP contribution is 2.31. The molecule has 1 N–H and O–H groups in total. The average molecular weight is 479 g/mol. The topological polar surface area (TPSA) is 103 Å². The number of carbonyl (C=O) groups is 1. The molecule has 1 heterocycles. The van der Waals surface area contributed by atoms with E-state index in [1.807, 2.05) is 12.1 Å². The van der Waals surface area contributed by atoms with E-state index in [-0.39, 0.29) is 15.5 Å². The number of hydrogen-bond donors (Lipinski definition) is 1. The van der Waals surface area contributed by atoms with Crippen LogP contribution in [0.5, 0.6) is 11.5 Å². The van der Waals surface area contributed by atoms with Gasteiger partial charge in [-0.05, 0) is 24.3 Å². The van der Waals surface area contributed by atoms with Gasteiger partial charge in [-0.2, -0.15) is 5.10 Å². The second-order valence-electron chi connectivity index (χ2n) is 6.91. The Balaban J connectivity index is 1.87. The molecule has 0 aliphatic heterocycles. The molecule has 0 radical (unpaired) electrons. The monoisotopic (exact) mass is 478 g/mol. The minimum absolute atomic E-state index is 0.0328. The number of benzene rings is 2. The van der Waals surface area contributed by atoms with Gasteiger partial charge in [-0.1, -0.05) is 23.7 Å². The second kappa shape index (κ2) is 9.60. The first-order valence-corrected chi connectivity index (χ1v) is 11.3. The minimum atomic E-state index is -3.81. The summed E-state index contributed by atoms with van der Waals surface area (Å²) in [4.78, 5) is 12.7. The van der Waals surface area contributed by atoms with Crippen LogP contribution in [0, 0.1) is 0 Å². The van der Waals surface area contributed by atoms with Crippen molar-refractivity contribution in [3.63, 3.8) is 0 Å². The summed E-state index contributed by atoms with van der Waals surface area (Å²) in [6.07, 6.45) is 1.55. The van der Waals surface area contributed by atoms with Crippen LogP contribution in [0.25, 0.3) is 0 Å². The van der Waals surface area contributed by atoms with E-state index >= 15 is 0 Å². The number of nitrogens with one attached hydrogen (secondary N) is 1. The summed E-state index contributed by atoms with van der Waals surface area (Å²) in [6, 6.07) is 11.2. The van der Waals surface area contributed by atoms with Gasteiger partial charge < -0.3 is 14.8 Å². The predicted octanol–water partition coefficient (Wildman–Crippen LogP) is 3.10. The summed E-state index contributed by atoms with van der Waals surface area (Å²) < 4.78 is 38.4. The molecule has 170 valence electrons. The molecule has 1 aromatic heterocycles. The van der Waals surface area contributed by atoms with Gasteiger partial charge in [0.2, 0.25) is 10.0 Å². The van der Waals surface area contributed by atoms with E-state index in [9.17, 15) is 13.2 Å². The molecule has 11 heteroatoms. The van der Waals surface area contributed by atoms with E-state index in [1.54, 1.807) is 37.2 Å². The number of rotatable bonds is 8. The summed E-state index contributed by atoms with van der Waals surface area (Å²) in [5, 5.41) is 7.06. The van der Waals surface area contributed by atoms with Crippen molar-refractivity contribution in [2.75, 3.05) is 33.6 Å². The number of halogens is 1. The van der Waals surface area contributed by atoms with Crippen molar-refractivity contribution in [1.29, 1.82) is 0 Å². The summed E-state index contributed by atoms with van der Waals surface area (Å²) in [5.41, 5.74) is 0.943. The highest BCUT2D eigenvalue weighted by molar-refractivity contribution is 7.89. The molecule has 0 unspecified atom stereocenters. The number of anilines is 1. The summed E-state index contributed by atoms with van der Waals surface area (Å²) in [7, 11) is 2.08. The van der Waals surface area contributed by atoms with Gasteiger partial charge in [0, 0.05) is 31.3 Å². The normalized spacial score (nSPS) is 11.4. The van der Waals surface area contributed by atoms with E-state index in [4.69, 9.17) is 21.1 Å². The minimum Gasteiger partial charge on any atom is -0.493 e. The standard InChI is InChI=1S/C21H23ClN4O5S/c1-25(2)32(28,29)18-12-14(8-9-16(18)22)21(27)24-19-10-11-23-26(19)13-15-6-5-7-17(30-3)20(15)31-4/h5-12H,13H2,1-4H3,(H,24,27). The lowest BCUT2D eigenvalue weighted by Crippen LogP contribution is -2.23. The van der Waals surface area contributed by atoms with Crippen molar-refractivity contribution in [1.82, 2.24) is 14.1 Å². The van der Waals surface area contributed by atoms with E-state index in [1.165, 1.54) is 32.3 Å². The highest BCUT2D eigenvalue weighted by Gasteiger charge is 2.23. The Kier molecular flexibility index (Phi) is 7.07. The van der Waals surface area contributed by atoms with Crippen LogP contribution in [0.2, 0.25) is 5.02 Å². The molecule has 0 atom stereocenters. The number of carbonyl (C=O) groups excluding carboxylic acids is 1. The fourth-order valence-corrected chi connectivity index (χ4v) is 4.43. The molecule has 0 aliphatic rings. The number of ether oxygens (including phenoxy) is 2. The summed E-state index contributed by atoms with van der Waals surface area (Å²) in [6.45, 7) is 0.309. The molecule has 0 bridgehead atoms. The average Bonchev–Trinajstić information content (AvgIpc) is 3.19. The Labute approximate surface area is 191 Å². The third kappa shape index (κ3) is 4.72. The zero-order chi connectivity index (χ0) is 23.5. The van der Waals surface area contributed by atoms with Gasteiger partial charge in [0.15, 0.2) is 11.5 Å². The van der Waals surface area contributed by atoms with Crippen LogP contribution < -0.4 is 14.8 Å². The molecular formula is C21H23ClN4O5S. The van der Waals surface area contributed by atoms with Crippen molar-refractivity contribution < 1.29 is 22.7 Å². The van der Waals surface area contributed by atoms with Crippen molar-refractivity contribution in [3.05, 3.63) is 64.8 Å². The Hall–Kier alpha value is -3.08. The second-order valence-corrected chi connectivity index (χ2v) is 9.44. The number of hydrogen-bond acceptors (Lipinski definition) is 6. The number of sulfonamides is 1. The molecule has 0 saturated heterocycles. The lowest BCUT2D eigenvalue weighted by Gasteiger charge is -2.15. The lowest BCUT2D eigenvalue weighted by molar-refractivity contribution is 0.102. The van der Waals surface area contributed by atoms with Crippen molar-refractivity contribution in [2.45, 2.75) is 11.4 Å². The van der Waals surface area contributed by atoms with Crippen LogP contribution >= 0.6 is 11.6 Å². The number of nitrogens with zero attached hydrogens (tertiary/aromatic N) is 3. The molecule has 0 spiro atoms. The van der Waals surface area contributed by atoms with Crippen LogP contribution in [-0.4, -0.2) is 56.7 Å². The molecule has 0 aliphatic carbocycles. The highest BCUT2D eigenvalue weighted by atomic mass is 35.5. The number of methoxy groups -OCH3 is 2. The van der Waals surface area contributed by atoms with Crippen molar-refractivity contribution in [2.24, 2.45) is 0 Å². The van der Waals surface area contributed by atoms with Gasteiger partial charge in [0.05, 0.1) is 32.0 Å². The first-order chi connectivity index (χ1) is 15.2. The summed E-state index contributed by atoms with van der Waals surface area (Å²) >= 11 is 6.07. The molecule has 1 amide bonds. The third-order valence-electron chi connectivity index (χ3n) is 4.71. The fraction of sp³-hybridized carbons (Fsp3) is 0.238. The molecule has 32 heavy (non-hydrogen) atoms. The number of para-hydroxylation sites is 1. The van der Waals surface area contributed by atoms with E-state index in [2.05, 4.69) is 10.4 Å².